The average molecular weight is 401 g/mol. The molecule has 1 saturated heterocycles. The molecule has 6 rings (SSSR count). The predicted molar refractivity (Wildman–Crippen MR) is 110 cm³/mol. The lowest BCUT2D eigenvalue weighted by molar-refractivity contribution is -0.160. The minimum atomic E-state index is -0.0582. The molecule has 4 bridgehead atoms. The SMILES string of the molecule is CC1CN(c2cccnc2C#N)CCN1C(=O)C12CC3CC(CC(C3)C1)C2.Cl. The van der Waals surface area contributed by atoms with E-state index in [-0.39, 0.29) is 23.9 Å². The molecule has 0 N–H and O–H groups in total. The Balaban J connectivity index is 0.00000192. The minimum absolute atomic E-state index is 0. The van der Waals surface area contributed by atoms with Crippen LogP contribution in [0.25, 0.3) is 0 Å². The summed E-state index contributed by atoms with van der Waals surface area (Å²) >= 11 is 0. The maximum Gasteiger partial charge on any atom is 0.229 e. The quantitative estimate of drug-likeness (QED) is 0.760. The summed E-state index contributed by atoms with van der Waals surface area (Å²) in [5, 5.41) is 9.35. The first-order chi connectivity index (χ1) is 13.1. The molecule has 0 aromatic carbocycles. The average Bonchev–Trinajstić information content (AvgIpc) is 2.66. The number of piperazine rings is 1. The van der Waals surface area contributed by atoms with Gasteiger partial charge >= 0.3 is 0 Å². The van der Waals surface area contributed by atoms with Crippen molar-refractivity contribution in [3.63, 3.8) is 0 Å². The smallest absolute Gasteiger partial charge is 0.229 e. The highest BCUT2D eigenvalue weighted by atomic mass is 35.5. The summed E-state index contributed by atoms with van der Waals surface area (Å²) in [5.74, 6) is 2.82. The Morgan fingerprint density at radius 3 is 2.39 bits per heavy atom. The number of rotatable bonds is 2. The van der Waals surface area contributed by atoms with Crippen LogP contribution in [0.2, 0.25) is 0 Å². The number of hydrogen-bond donors (Lipinski definition) is 0. The first-order valence-corrected chi connectivity index (χ1v) is 10.5. The molecule has 1 unspecified atom stereocenters. The van der Waals surface area contributed by atoms with Gasteiger partial charge < -0.3 is 9.80 Å². The van der Waals surface area contributed by atoms with Crippen LogP contribution in [-0.4, -0.2) is 41.5 Å². The van der Waals surface area contributed by atoms with Crippen LogP contribution in [0, 0.1) is 34.5 Å². The third-order valence-corrected chi connectivity index (χ3v) is 7.61. The summed E-state index contributed by atoms with van der Waals surface area (Å²) in [6, 6.07) is 6.22. The number of nitriles is 1. The number of anilines is 1. The van der Waals surface area contributed by atoms with Gasteiger partial charge in [-0.2, -0.15) is 5.26 Å². The fraction of sp³-hybridized carbons (Fsp3) is 0.682. The van der Waals surface area contributed by atoms with Gasteiger partial charge in [-0.1, -0.05) is 0 Å². The normalized spacial score (nSPS) is 36.0. The number of pyridine rings is 1. The van der Waals surface area contributed by atoms with Gasteiger partial charge in [-0.3, -0.25) is 4.79 Å². The van der Waals surface area contributed by atoms with E-state index in [1.807, 2.05) is 12.1 Å². The number of aromatic nitrogens is 1. The summed E-state index contributed by atoms with van der Waals surface area (Å²) in [6.45, 7) is 4.47. The van der Waals surface area contributed by atoms with Crippen molar-refractivity contribution in [1.29, 1.82) is 5.26 Å². The Kier molecular flexibility index (Phi) is 5.03. The molecule has 4 saturated carbocycles. The molecule has 1 amide bonds. The van der Waals surface area contributed by atoms with Gasteiger partial charge in [0.2, 0.25) is 5.91 Å². The predicted octanol–water partition coefficient (Wildman–Crippen LogP) is 3.63. The summed E-state index contributed by atoms with van der Waals surface area (Å²) in [5.41, 5.74) is 1.32. The molecule has 1 atom stereocenters. The van der Waals surface area contributed by atoms with Gasteiger partial charge in [-0.05, 0) is 75.3 Å². The van der Waals surface area contributed by atoms with Gasteiger partial charge in [0.1, 0.15) is 6.07 Å². The Bertz CT molecular complexity index is 769. The second kappa shape index (κ2) is 7.22. The zero-order valence-electron chi connectivity index (χ0n) is 16.5. The Hall–Kier alpha value is -1.80. The molecule has 4 aliphatic carbocycles. The number of nitrogens with zero attached hydrogens (tertiary/aromatic N) is 4. The first-order valence-electron chi connectivity index (χ1n) is 10.5. The van der Waals surface area contributed by atoms with Gasteiger partial charge in [0.05, 0.1) is 11.1 Å². The summed E-state index contributed by atoms with van der Waals surface area (Å²) in [6.07, 6.45) is 9.16. The van der Waals surface area contributed by atoms with Crippen molar-refractivity contribution < 1.29 is 4.79 Å². The third-order valence-electron chi connectivity index (χ3n) is 7.61. The molecule has 5 aliphatic rings. The number of halogens is 1. The van der Waals surface area contributed by atoms with Crippen molar-refractivity contribution in [2.75, 3.05) is 24.5 Å². The molecule has 1 aliphatic heterocycles. The van der Waals surface area contributed by atoms with Crippen molar-refractivity contribution in [3.05, 3.63) is 24.0 Å². The number of carbonyl (C=O) groups excluding carboxylic acids is 1. The van der Waals surface area contributed by atoms with Crippen molar-refractivity contribution in [2.24, 2.45) is 23.2 Å². The van der Waals surface area contributed by atoms with Gasteiger partial charge in [0, 0.05) is 31.9 Å². The van der Waals surface area contributed by atoms with Crippen molar-refractivity contribution in [3.8, 4) is 6.07 Å². The van der Waals surface area contributed by atoms with E-state index in [0.717, 1.165) is 62.3 Å². The minimum Gasteiger partial charge on any atom is -0.365 e. The number of carbonyl (C=O) groups is 1. The van der Waals surface area contributed by atoms with E-state index < -0.39 is 0 Å². The molecule has 6 heteroatoms. The van der Waals surface area contributed by atoms with Crippen LogP contribution in [0.15, 0.2) is 18.3 Å². The topological polar surface area (TPSA) is 60.2 Å². The lowest BCUT2D eigenvalue weighted by Crippen LogP contribution is -2.61. The third kappa shape index (κ3) is 3.06. The molecule has 28 heavy (non-hydrogen) atoms. The molecule has 1 aromatic heterocycles. The first kappa shape index (κ1) is 19.5. The van der Waals surface area contributed by atoms with E-state index >= 15 is 0 Å². The van der Waals surface area contributed by atoms with E-state index in [0.29, 0.717) is 11.6 Å². The fourth-order valence-electron chi connectivity index (χ4n) is 6.89. The lowest BCUT2D eigenvalue weighted by atomic mass is 9.49. The largest absolute Gasteiger partial charge is 0.365 e. The van der Waals surface area contributed by atoms with Crippen LogP contribution in [0.4, 0.5) is 5.69 Å². The summed E-state index contributed by atoms with van der Waals surface area (Å²) < 4.78 is 0. The van der Waals surface area contributed by atoms with Crippen molar-refractivity contribution in [1.82, 2.24) is 9.88 Å². The maximum atomic E-state index is 13.7. The number of hydrogen-bond acceptors (Lipinski definition) is 4. The van der Waals surface area contributed by atoms with Crippen LogP contribution in [-0.2, 0) is 4.79 Å². The lowest BCUT2D eigenvalue weighted by Gasteiger charge is -2.57. The van der Waals surface area contributed by atoms with E-state index in [1.54, 1.807) is 6.20 Å². The summed E-state index contributed by atoms with van der Waals surface area (Å²) in [7, 11) is 0. The second-order valence-corrected chi connectivity index (χ2v) is 9.47. The van der Waals surface area contributed by atoms with E-state index in [2.05, 4.69) is 27.8 Å². The summed E-state index contributed by atoms with van der Waals surface area (Å²) in [4.78, 5) is 22.2. The van der Waals surface area contributed by atoms with E-state index in [4.69, 9.17) is 0 Å². The van der Waals surface area contributed by atoms with Gasteiger partial charge in [0.15, 0.2) is 5.69 Å². The van der Waals surface area contributed by atoms with Crippen LogP contribution >= 0.6 is 12.4 Å². The standard InChI is InChI=1S/C22H28N4O.ClH/c1-15-14-25(20-3-2-4-24-19(20)13-23)5-6-26(15)21(27)22-10-16-7-17(11-22)9-18(8-16)12-22;/h2-4,15-18H,5-12,14H2,1H3;1H. The Labute approximate surface area is 173 Å². The number of amides is 1. The van der Waals surface area contributed by atoms with Crippen molar-refractivity contribution >= 4 is 24.0 Å². The molecule has 1 aromatic rings. The zero-order valence-corrected chi connectivity index (χ0v) is 17.3. The Morgan fingerprint density at radius 2 is 1.82 bits per heavy atom. The maximum absolute atomic E-state index is 13.7. The monoisotopic (exact) mass is 400 g/mol. The van der Waals surface area contributed by atoms with Crippen LogP contribution in [0.1, 0.15) is 51.1 Å². The Morgan fingerprint density at radius 1 is 1.18 bits per heavy atom. The molecular formula is C22H29ClN4O. The molecule has 5 nitrogen and oxygen atoms in total. The molecular weight excluding hydrogens is 372 g/mol. The van der Waals surface area contributed by atoms with E-state index in [9.17, 15) is 10.1 Å². The zero-order chi connectivity index (χ0) is 18.6. The van der Waals surface area contributed by atoms with Crippen LogP contribution < -0.4 is 4.90 Å². The van der Waals surface area contributed by atoms with Gasteiger partial charge in [0.25, 0.3) is 0 Å². The van der Waals surface area contributed by atoms with Crippen LogP contribution in [0.5, 0.6) is 0 Å². The van der Waals surface area contributed by atoms with Crippen LogP contribution in [0.3, 0.4) is 0 Å². The highest BCUT2D eigenvalue weighted by Gasteiger charge is 2.56. The van der Waals surface area contributed by atoms with Gasteiger partial charge in [-0.15, -0.1) is 12.4 Å². The molecule has 0 radical (unpaired) electrons. The fourth-order valence-corrected chi connectivity index (χ4v) is 6.89. The van der Waals surface area contributed by atoms with Gasteiger partial charge in [-0.25, -0.2) is 4.98 Å². The second-order valence-electron chi connectivity index (χ2n) is 9.47. The van der Waals surface area contributed by atoms with Crippen molar-refractivity contribution in [2.45, 2.75) is 51.5 Å². The highest BCUT2D eigenvalue weighted by Crippen LogP contribution is 2.60. The highest BCUT2D eigenvalue weighted by molar-refractivity contribution is 5.85. The molecule has 150 valence electrons. The molecule has 2 heterocycles. The molecule has 0 spiro atoms. The molecule has 5 fully saturated rings. The van der Waals surface area contributed by atoms with E-state index in [1.165, 1.54) is 19.3 Å².